The Morgan fingerprint density at radius 3 is 3.00 bits per heavy atom. The van der Waals surface area contributed by atoms with Gasteiger partial charge in [-0.15, -0.1) is 0 Å². The third kappa shape index (κ3) is 2.17. The van der Waals surface area contributed by atoms with Gasteiger partial charge in [0.2, 0.25) is 5.91 Å². The third-order valence-electron chi connectivity index (χ3n) is 3.02. The van der Waals surface area contributed by atoms with Crippen molar-refractivity contribution in [1.29, 1.82) is 0 Å². The molecule has 1 aromatic rings. The van der Waals surface area contributed by atoms with E-state index < -0.39 is 0 Å². The summed E-state index contributed by atoms with van der Waals surface area (Å²) in [5, 5.41) is 15.3. The number of carbonyl (C=O) groups is 1. The van der Waals surface area contributed by atoms with E-state index in [0.29, 0.717) is 12.2 Å². The fourth-order valence-corrected chi connectivity index (χ4v) is 1.88. The van der Waals surface area contributed by atoms with Crippen LogP contribution in [0.1, 0.15) is 13.3 Å². The number of anilines is 1. The molecular weight excluding hydrogens is 204 g/mol. The second kappa shape index (κ2) is 4.14. The molecule has 1 amide bonds. The topological polar surface area (TPSA) is 61.4 Å². The Labute approximate surface area is 94.7 Å². The summed E-state index contributed by atoms with van der Waals surface area (Å²) in [5.41, 5.74) is 0.295. The number of nitrogens with one attached hydrogen (secondary N) is 2. The Bertz CT molecular complexity index is 398. The largest absolute Gasteiger partial charge is 0.508 e. The molecule has 0 aliphatic carbocycles. The van der Waals surface area contributed by atoms with E-state index >= 15 is 0 Å². The second-order valence-corrected chi connectivity index (χ2v) is 4.49. The molecule has 4 heteroatoms. The van der Waals surface area contributed by atoms with E-state index in [9.17, 15) is 9.90 Å². The third-order valence-corrected chi connectivity index (χ3v) is 3.02. The van der Waals surface area contributed by atoms with Crippen LogP contribution in [0.4, 0.5) is 5.69 Å². The lowest BCUT2D eigenvalue weighted by Gasteiger charge is -2.21. The number of amides is 1. The van der Waals surface area contributed by atoms with Gasteiger partial charge in [0, 0.05) is 18.3 Å². The molecular formula is C12H16N2O2. The van der Waals surface area contributed by atoms with E-state index in [2.05, 4.69) is 10.6 Å². The maximum atomic E-state index is 12.0. The minimum Gasteiger partial charge on any atom is -0.508 e. The zero-order valence-electron chi connectivity index (χ0n) is 9.29. The lowest BCUT2D eigenvalue weighted by molar-refractivity contribution is -0.123. The molecule has 1 fully saturated rings. The second-order valence-electron chi connectivity index (χ2n) is 4.49. The smallest absolute Gasteiger partial charge is 0.231 e. The van der Waals surface area contributed by atoms with Crippen LogP contribution < -0.4 is 10.6 Å². The molecule has 0 saturated carbocycles. The molecule has 1 atom stereocenters. The van der Waals surface area contributed by atoms with E-state index in [1.54, 1.807) is 24.3 Å². The molecule has 86 valence electrons. The van der Waals surface area contributed by atoms with Gasteiger partial charge >= 0.3 is 0 Å². The van der Waals surface area contributed by atoms with E-state index in [4.69, 9.17) is 0 Å². The number of hydrogen-bond acceptors (Lipinski definition) is 3. The number of benzene rings is 1. The molecule has 1 aliphatic rings. The molecule has 3 N–H and O–H groups in total. The first-order valence-corrected chi connectivity index (χ1v) is 5.41. The highest BCUT2D eigenvalue weighted by atomic mass is 16.3. The van der Waals surface area contributed by atoms with Gasteiger partial charge in [0.05, 0.1) is 5.41 Å². The van der Waals surface area contributed by atoms with Crippen molar-refractivity contribution in [2.45, 2.75) is 13.3 Å². The van der Waals surface area contributed by atoms with E-state index in [1.165, 1.54) is 0 Å². The van der Waals surface area contributed by atoms with Gasteiger partial charge in [-0.05, 0) is 32.0 Å². The molecule has 1 unspecified atom stereocenters. The Morgan fingerprint density at radius 2 is 2.38 bits per heavy atom. The molecule has 1 aromatic carbocycles. The standard InChI is InChI=1S/C12H16N2O2/c1-12(5-6-13-8-12)11(16)14-9-3-2-4-10(15)7-9/h2-4,7,13,15H,5-6,8H2,1H3,(H,14,16). The first kappa shape index (κ1) is 11.0. The molecule has 0 radical (unpaired) electrons. The predicted octanol–water partition coefficient (Wildman–Crippen LogP) is 1.33. The zero-order valence-corrected chi connectivity index (χ0v) is 9.29. The quantitative estimate of drug-likeness (QED) is 0.704. The fourth-order valence-electron chi connectivity index (χ4n) is 1.88. The highest BCUT2D eigenvalue weighted by molar-refractivity contribution is 5.95. The first-order chi connectivity index (χ1) is 7.60. The maximum absolute atomic E-state index is 12.0. The SMILES string of the molecule is CC1(C(=O)Nc2cccc(O)c2)CCNC1. The van der Waals surface area contributed by atoms with Crippen molar-refractivity contribution in [3.8, 4) is 5.75 Å². The summed E-state index contributed by atoms with van der Waals surface area (Å²) >= 11 is 0. The van der Waals surface area contributed by atoms with Crippen LogP contribution in [0.3, 0.4) is 0 Å². The number of hydrogen-bond donors (Lipinski definition) is 3. The number of carbonyl (C=O) groups excluding carboxylic acids is 1. The van der Waals surface area contributed by atoms with Gasteiger partial charge in [-0.2, -0.15) is 0 Å². The summed E-state index contributed by atoms with van der Waals surface area (Å²) in [5.74, 6) is 0.163. The van der Waals surface area contributed by atoms with Crippen LogP contribution in [0.2, 0.25) is 0 Å². The number of rotatable bonds is 2. The van der Waals surface area contributed by atoms with Crippen molar-refractivity contribution in [1.82, 2.24) is 5.32 Å². The van der Waals surface area contributed by atoms with E-state index in [1.807, 2.05) is 6.92 Å². The van der Waals surface area contributed by atoms with Gasteiger partial charge in [0.1, 0.15) is 5.75 Å². The molecule has 16 heavy (non-hydrogen) atoms. The lowest BCUT2D eigenvalue weighted by Crippen LogP contribution is -2.35. The summed E-state index contributed by atoms with van der Waals surface area (Å²) in [7, 11) is 0. The number of phenols is 1. The van der Waals surface area contributed by atoms with E-state index in [-0.39, 0.29) is 17.1 Å². The van der Waals surface area contributed by atoms with Crippen LogP contribution in [-0.2, 0) is 4.79 Å². The predicted molar refractivity (Wildman–Crippen MR) is 62.3 cm³/mol. The molecule has 4 nitrogen and oxygen atoms in total. The van der Waals surface area contributed by atoms with Gasteiger partial charge in [-0.1, -0.05) is 6.07 Å². The van der Waals surface area contributed by atoms with Crippen LogP contribution in [0.5, 0.6) is 5.75 Å². The van der Waals surface area contributed by atoms with Crippen LogP contribution in [-0.4, -0.2) is 24.1 Å². The van der Waals surface area contributed by atoms with Crippen molar-refractivity contribution in [2.24, 2.45) is 5.41 Å². The summed E-state index contributed by atoms with van der Waals surface area (Å²) in [6.07, 6.45) is 0.845. The monoisotopic (exact) mass is 220 g/mol. The molecule has 1 saturated heterocycles. The summed E-state index contributed by atoms with van der Waals surface area (Å²) in [4.78, 5) is 12.0. The van der Waals surface area contributed by atoms with Gasteiger partial charge in [-0.25, -0.2) is 0 Å². The molecule has 0 spiro atoms. The van der Waals surface area contributed by atoms with Crippen LogP contribution in [0, 0.1) is 5.41 Å². The average molecular weight is 220 g/mol. The van der Waals surface area contributed by atoms with Gasteiger partial charge in [0.25, 0.3) is 0 Å². The van der Waals surface area contributed by atoms with Crippen LogP contribution in [0.25, 0.3) is 0 Å². The Kier molecular flexibility index (Phi) is 2.83. The van der Waals surface area contributed by atoms with Crippen LogP contribution >= 0.6 is 0 Å². The number of aromatic hydroxyl groups is 1. The highest BCUT2D eigenvalue weighted by Crippen LogP contribution is 2.27. The Morgan fingerprint density at radius 1 is 1.56 bits per heavy atom. The van der Waals surface area contributed by atoms with Gasteiger partial charge in [0.15, 0.2) is 0 Å². The average Bonchev–Trinajstić information content (AvgIpc) is 2.66. The minimum atomic E-state index is -0.342. The molecule has 0 aromatic heterocycles. The minimum absolute atomic E-state index is 0.00287. The highest BCUT2D eigenvalue weighted by Gasteiger charge is 2.36. The Hall–Kier alpha value is -1.55. The Balaban J connectivity index is 2.07. The molecule has 1 aliphatic heterocycles. The maximum Gasteiger partial charge on any atom is 0.231 e. The van der Waals surface area contributed by atoms with Crippen LogP contribution in [0.15, 0.2) is 24.3 Å². The normalized spacial score (nSPS) is 24.3. The van der Waals surface area contributed by atoms with Crippen molar-refractivity contribution in [3.63, 3.8) is 0 Å². The fraction of sp³-hybridized carbons (Fsp3) is 0.417. The van der Waals surface area contributed by atoms with E-state index in [0.717, 1.165) is 13.0 Å². The van der Waals surface area contributed by atoms with Crippen molar-refractivity contribution < 1.29 is 9.90 Å². The number of phenolic OH excluding ortho intramolecular Hbond substituents is 1. The van der Waals surface area contributed by atoms with Crippen molar-refractivity contribution in [3.05, 3.63) is 24.3 Å². The lowest BCUT2D eigenvalue weighted by atomic mass is 9.89. The summed E-state index contributed by atoms with van der Waals surface area (Å²) < 4.78 is 0. The van der Waals surface area contributed by atoms with Gasteiger partial charge in [-0.3, -0.25) is 4.79 Å². The summed E-state index contributed by atoms with van der Waals surface area (Å²) in [6, 6.07) is 6.60. The molecule has 2 rings (SSSR count). The summed E-state index contributed by atoms with van der Waals surface area (Å²) in [6.45, 7) is 3.53. The molecule has 0 bridgehead atoms. The molecule has 1 heterocycles. The van der Waals surface area contributed by atoms with Gasteiger partial charge < -0.3 is 15.7 Å². The zero-order chi connectivity index (χ0) is 11.6. The first-order valence-electron chi connectivity index (χ1n) is 5.41. The van der Waals surface area contributed by atoms with Crippen molar-refractivity contribution >= 4 is 11.6 Å². The van der Waals surface area contributed by atoms with Crippen molar-refractivity contribution in [2.75, 3.05) is 18.4 Å².